The highest BCUT2D eigenvalue weighted by Gasteiger charge is 2.24. The monoisotopic (exact) mass is 408 g/mol. The molecule has 0 aliphatic heterocycles. The number of ether oxygens (including phenoxy) is 2. The molecule has 0 radical (unpaired) electrons. The van der Waals surface area contributed by atoms with E-state index in [1.807, 2.05) is 0 Å². The van der Waals surface area contributed by atoms with Crippen molar-refractivity contribution in [3.8, 4) is 0 Å². The van der Waals surface area contributed by atoms with Crippen molar-refractivity contribution in [2.45, 2.75) is 32.7 Å². The van der Waals surface area contributed by atoms with E-state index in [0.29, 0.717) is 17.8 Å². The van der Waals surface area contributed by atoms with E-state index in [1.54, 1.807) is 45.2 Å². The van der Waals surface area contributed by atoms with Crippen molar-refractivity contribution in [2.75, 3.05) is 33.4 Å². The van der Waals surface area contributed by atoms with E-state index >= 15 is 0 Å². The predicted octanol–water partition coefficient (Wildman–Crippen LogP) is 1.61. The number of likely N-dealkylation sites (N-methyl/N-ethyl adjacent to an activating group) is 1. The zero-order chi connectivity index (χ0) is 21.6. The van der Waals surface area contributed by atoms with Crippen LogP contribution in [0.25, 0.3) is 0 Å². The maximum Gasteiger partial charge on any atom is 0.328 e. The third-order valence-electron chi connectivity index (χ3n) is 3.68. The van der Waals surface area contributed by atoms with E-state index < -0.39 is 23.9 Å². The number of benzene rings is 1. The highest BCUT2D eigenvalue weighted by molar-refractivity contribution is 5.97. The van der Waals surface area contributed by atoms with Crippen molar-refractivity contribution in [2.24, 2.45) is 10.3 Å². The first-order chi connectivity index (χ1) is 13.9. The summed E-state index contributed by atoms with van der Waals surface area (Å²) in [7, 11) is 1.67. The standard InChI is InChI=1S/C19H28N4O6/c1-4-28-17(25)11-10-16(19(27)29-5-2)20-18(26)14-6-8-15(9-7-14)21-22-23(3)12-13-24/h6-9,16,24H,4-5,10-13H2,1-3H3,(H,20,26)/t16-/m0/s1. The lowest BCUT2D eigenvalue weighted by molar-refractivity contribution is -0.146. The fourth-order valence-electron chi connectivity index (χ4n) is 2.23. The number of hydrogen-bond donors (Lipinski definition) is 2. The molecule has 0 aliphatic rings. The average molecular weight is 408 g/mol. The number of nitrogens with one attached hydrogen (secondary N) is 1. The summed E-state index contributed by atoms with van der Waals surface area (Å²) in [5.41, 5.74) is 0.841. The highest BCUT2D eigenvalue weighted by atomic mass is 16.5. The van der Waals surface area contributed by atoms with Gasteiger partial charge in [-0.25, -0.2) is 4.79 Å². The average Bonchev–Trinajstić information content (AvgIpc) is 2.70. The van der Waals surface area contributed by atoms with E-state index in [1.165, 1.54) is 5.01 Å². The van der Waals surface area contributed by atoms with Crippen LogP contribution >= 0.6 is 0 Å². The van der Waals surface area contributed by atoms with Gasteiger partial charge in [0, 0.05) is 19.0 Å². The molecule has 10 heteroatoms. The van der Waals surface area contributed by atoms with E-state index in [9.17, 15) is 14.4 Å². The number of aliphatic hydroxyl groups excluding tert-OH is 1. The highest BCUT2D eigenvalue weighted by Crippen LogP contribution is 2.14. The molecule has 29 heavy (non-hydrogen) atoms. The Morgan fingerprint density at radius 3 is 2.38 bits per heavy atom. The Kier molecular flexibility index (Phi) is 10.9. The molecule has 160 valence electrons. The third-order valence-corrected chi connectivity index (χ3v) is 3.68. The number of carbonyl (C=O) groups excluding carboxylic acids is 3. The number of hydrogen-bond acceptors (Lipinski definition) is 8. The van der Waals surface area contributed by atoms with Crippen molar-refractivity contribution >= 4 is 23.5 Å². The van der Waals surface area contributed by atoms with Gasteiger partial charge in [-0.15, -0.1) is 5.11 Å². The van der Waals surface area contributed by atoms with Crippen LogP contribution in [0.2, 0.25) is 0 Å². The molecule has 1 aromatic carbocycles. The largest absolute Gasteiger partial charge is 0.466 e. The number of rotatable bonds is 12. The van der Waals surface area contributed by atoms with Gasteiger partial charge in [0.25, 0.3) is 5.91 Å². The smallest absolute Gasteiger partial charge is 0.328 e. The van der Waals surface area contributed by atoms with Crippen LogP contribution in [0.5, 0.6) is 0 Å². The molecular weight excluding hydrogens is 380 g/mol. The fraction of sp³-hybridized carbons (Fsp3) is 0.526. The molecule has 0 saturated carbocycles. The summed E-state index contributed by atoms with van der Waals surface area (Å²) >= 11 is 0. The molecule has 0 heterocycles. The van der Waals surface area contributed by atoms with E-state index in [2.05, 4.69) is 15.7 Å². The van der Waals surface area contributed by atoms with Gasteiger partial charge < -0.3 is 19.9 Å². The molecule has 0 fully saturated rings. The number of amides is 1. The van der Waals surface area contributed by atoms with Crippen LogP contribution in [0.15, 0.2) is 34.6 Å². The molecule has 2 N–H and O–H groups in total. The number of esters is 2. The Balaban J connectivity index is 2.74. The van der Waals surface area contributed by atoms with Gasteiger partial charge in [-0.2, -0.15) is 0 Å². The second-order valence-corrected chi connectivity index (χ2v) is 5.96. The summed E-state index contributed by atoms with van der Waals surface area (Å²) in [4.78, 5) is 36.1. The lowest BCUT2D eigenvalue weighted by Gasteiger charge is -2.17. The molecule has 10 nitrogen and oxygen atoms in total. The second kappa shape index (κ2) is 13.2. The maximum atomic E-state index is 12.5. The Morgan fingerprint density at radius 1 is 1.14 bits per heavy atom. The van der Waals surface area contributed by atoms with Gasteiger partial charge in [-0.1, -0.05) is 5.22 Å². The normalized spacial score (nSPS) is 11.7. The van der Waals surface area contributed by atoms with E-state index in [-0.39, 0.29) is 32.7 Å². The Labute approximate surface area is 169 Å². The zero-order valence-electron chi connectivity index (χ0n) is 17.0. The summed E-state index contributed by atoms with van der Waals surface area (Å²) < 4.78 is 9.82. The van der Waals surface area contributed by atoms with Crippen LogP contribution in [0.3, 0.4) is 0 Å². The van der Waals surface area contributed by atoms with Crippen LogP contribution in [0.1, 0.15) is 37.0 Å². The molecule has 1 rings (SSSR count). The molecule has 0 unspecified atom stereocenters. The van der Waals surface area contributed by atoms with Gasteiger partial charge >= 0.3 is 11.9 Å². The van der Waals surface area contributed by atoms with Gasteiger partial charge in [0.15, 0.2) is 0 Å². The summed E-state index contributed by atoms with van der Waals surface area (Å²) in [6, 6.07) is 5.33. The van der Waals surface area contributed by atoms with Gasteiger partial charge in [0.05, 0.1) is 32.1 Å². The molecule has 0 bridgehead atoms. The van der Waals surface area contributed by atoms with Gasteiger partial charge in [0.1, 0.15) is 6.04 Å². The number of aliphatic hydroxyl groups is 1. The first kappa shape index (κ1) is 24.0. The van der Waals surface area contributed by atoms with Gasteiger partial charge in [0.2, 0.25) is 0 Å². The minimum Gasteiger partial charge on any atom is -0.466 e. The lowest BCUT2D eigenvalue weighted by Crippen LogP contribution is -2.42. The summed E-state index contributed by atoms with van der Waals surface area (Å²) in [6.45, 7) is 4.07. The SMILES string of the molecule is CCOC(=O)CC[C@H](NC(=O)c1ccc(N=NN(C)CCO)cc1)C(=O)OCC. The minimum atomic E-state index is -0.960. The summed E-state index contributed by atoms with van der Waals surface area (Å²) in [5, 5.41) is 20.8. The molecule has 0 spiro atoms. The maximum absolute atomic E-state index is 12.5. The summed E-state index contributed by atoms with van der Waals surface area (Å²) in [5.74, 6) is -1.53. The molecule has 1 atom stereocenters. The molecule has 1 amide bonds. The van der Waals surface area contributed by atoms with Gasteiger partial charge in [-0.3, -0.25) is 14.6 Å². The van der Waals surface area contributed by atoms with Crippen LogP contribution in [-0.4, -0.2) is 67.4 Å². The van der Waals surface area contributed by atoms with Crippen molar-refractivity contribution in [3.05, 3.63) is 29.8 Å². The van der Waals surface area contributed by atoms with Crippen LogP contribution in [-0.2, 0) is 19.1 Å². The quantitative estimate of drug-likeness (QED) is 0.305. The van der Waals surface area contributed by atoms with Crippen molar-refractivity contribution < 1.29 is 29.0 Å². The minimum absolute atomic E-state index is 0.0156. The lowest BCUT2D eigenvalue weighted by atomic mass is 10.1. The number of carbonyl (C=O) groups is 3. The van der Waals surface area contributed by atoms with E-state index in [4.69, 9.17) is 14.6 Å². The number of nitrogens with zero attached hydrogens (tertiary/aromatic N) is 3. The third kappa shape index (κ3) is 9.15. The molecular formula is C19H28N4O6. The van der Waals surface area contributed by atoms with Gasteiger partial charge in [-0.05, 0) is 44.5 Å². The molecule has 0 aliphatic carbocycles. The molecule has 1 aromatic rings. The second-order valence-electron chi connectivity index (χ2n) is 5.96. The first-order valence-corrected chi connectivity index (χ1v) is 9.38. The predicted molar refractivity (Wildman–Crippen MR) is 104 cm³/mol. The molecule has 0 aromatic heterocycles. The van der Waals surface area contributed by atoms with Crippen molar-refractivity contribution in [1.29, 1.82) is 0 Å². The summed E-state index contributed by atoms with van der Waals surface area (Å²) in [6.07, 6.45) is 0.0607. The van der Waals surface area contributed by atoms with Crippen molar-refractivity contribution in [1.82, 2.24) is 10.3 Å². The van der Waals surface area contributed by atoms with Crippen LogP contribution in [0.4, 0.5) is 5.69 Å². The first-order valence-electron chi connectivity index (χ1n) is 9.38. The fourth-order valence-corrected chi connectivity index (χ4v) is 2.23. The Morgan fingerprint density at radius 2 is 1.79 bits per heavy atom. The van der Waals surface area contributed by atoms with Crippen LogP contribution in [0, 0.1) is 0 Å². The zero-order valence-corrected chi connectivity index (χ0v) is 17.0. The van der Waals surface area contributed by atoms with Crippen LogP contribution < -0.4 is 5.32 Å². The van der Waals surface area contributed by atoms with E-state index in [0.717, 1.165) is 0 Å². The Hall–Kier alpha value is -3.01. The van der Waals surface area contributed by atoms with Crippen molar-refractivity contribution in [3.63, 3.8) is 0 Å². The molecule has 0 saturated heterocycles. The topological polar surface area (TPSA) is 130 Å². The Bertz CT molecular complexity index is 692.